The second kappa shape index (κ2) is 6.87. The number of nitro groups is 1. The fourth-order valence-corrected chi connectivity index (χ4v) is 2.57. The van der Waals surface area contributed by atoms with Gasteiger partial charge in [0.25, 0.3) is 5.69 Å². The van der Waals surface area contributed by atoms with Gasteiger partial charge in [0.1, 0.15) is 0 Å². The average molecular weight is 316 g/mol. The van der Waals surface area contributed by atoms with E-state index >= 15 is 0 Å². The average Bonchev–Trinajstić information content (AvgIpc) is 3.23. The van der Waals surface area contributed by atoms with Gasteiger partial charge in [-0.2, -0.15) is 0 Å². The smallest absolute Gasteiger partial charge is 0.269 e. The Labute approximate surface area is 134 Å². The molecule has 0 radical (unpaired) electrons. The Bertz CT molecular complexity index is 664. The Morgan fingerprint density at radius 3 is 2.65 bits per heavy atom. The second-order valence-corrected chi connectivity index (χ2v) is 5.98. The van der Waals surface area contributed by atoms with Gasteiger partial charge in [-0.3, -0.25) is 15.0 Å². The van der Waals surface area contributed by atoms with Crippen LogP contribution in [0.1, 0.15) is 32.1 Å². The zero-order chi connectivity index (χ0) is 16.2. The molecule has 0 N–H and O–H groups in total. The summed E-state index contributed by atoms with van der Waals surface area (Å²) in [7, 11) is 0. The standard InChI is InChI=1S/C16H20N4O3/c1-2-9-19(10-12-3-4-12)11-15-17-18-16(23-15)13-5-7-14(8-6-13)20(21)22/h5-8,12H,2-4,9-11H2,1H3. The largest absolute Gasteiger partial charge is 0.419 e. The third-order valence-electron chi connectivity index (χ3n) is 3.90. The normalized spacial score (nSPS) is 14.3. The van der Waals surface area contributed by atoms with E-state index in [1.165, 1.54) is 25.0 Å². The topological polar surface area (TPSA) is 85.3 Å². The molecule has 1 saturated carbocycles. The zero-order valence-electron chi connectivity index (χ0n) is 13.1. The molecule has 1 heterocycles. The molecule has 7 nitrogen and oxygen atoms in total. The second-order valence-electron chi connectivity index (χ2n) is 5.98. The molecule has 0 bridgehead atoms. The first-order valence-electron chi connectivity index (χ1n) is 7.95. The SMILES string of the molecule is CCCN(Cc1nnc(-c2ccc([N+](=O)[O-])cc2)o1)CC1CC1. The van der Waals surface area contributed by atoms with Gasteiger partial charge in [0.15, 0.2) is 0 Å². The van der Waals surface area contributed by atoms with Gasteiger partial charge < -0.3 is 4.42 Å². The van der Waals surface area contributed by atoms with Crippen molar-refractivity contribution in [2.75, 3.05) is 13.1 Å². The lowest BCUT2D eigenvalue weighted by atomic mass is 10.2. The Hall–Kier alpha value is -2.28. The first-order chi connectivity index (χ1) is 11.2. The minimum Gasteiger partial charge on any atom is -0.419 e. The summed E-state index contributed by atoms with van der Waals surface area (Å²) in [6.07, 6.45) is 3.73. The van der Waals surface area contributed by atoms with Crippen molar-refractivity contribution in [3.63, 3.8) is 0 Å². The molecule has 1 aromatic heterocycles. The molecule has 1 aliphatic rings. The van der Waals surface area contributed by atoms with Gasteiger partial charge in [-0.25, -0.2) is 0 Å². The molecule has 7 heteroatoms. The number of nitro benzene ring substituents is 1. The number of nitrogens with zero attached hydrogens (tertiary/aromatic N) is 4. The maximum atomic E-state index is 10.7. The number of rotatable bonds is 8. The van der Waals surface area contributed by atoms with Gasteiger partial charge in [-0.15, -0.1) is 10.2 Å². The molecule has 3 rings (SSSR count). The molecular formula is C16H20N4O3. The number of non-ortho nitro benzene ring substituents is 1. The molecule has 0 atom stereocenters. The minimum atomic E-state index is -0.427. The van der Waals surface area contributed by atoms with Gasteiger partial charge in [0.2, 0.25) is 11.8 Å². The van der Waals surface area contributed by atoms with E-state index in [1.54, 1.807) is 12.1 Å². The van der Waals surface area contributed by atoms with Gasteiger partial charge in [0.05, 0.1) is 11.5 Å². The van der Waals surface area contributed by atoms with Crippen LogP contribution >= 0.6 is 0 Å². The molecule has 23 heavy (non-hydrogen) atoms. The van der Waals surface area contributed by atoms with Crippen LogP contribution in [0.5, 0.6) is 0 Å². The molecule has 1 fully saturated rings. The van der Waals surface area contributed by atoms with Crippen molar-refractivity contribution in [2.24, 2.45) is 5.92 Å². The van der Waals surface area contributed by atoms with Crippen LogP contribution in [0.3, 0.4) is 0 Å². The van der Waals surface area contributed by atoms with Gasteiger partial charge >= 0.3 is 0 Å². The summed E-state index contributed by atoms with van der Waals surface area (Å²) in [4.78, 5) is 12.6. The number of hydrogen-bond acceptors (Lipinski definition) is 6. The fourth-order valence-electron chi connectivity index (χ4n) is 2.57. The lowest BCUT2D eigenvalue weighted by molar-refractivity contribution is -0.384. The monoisotopic (exact) mass is 316 g/mol. The highest BCUT2D eigenvalue weighted by molar-refractivity contribution is 5.55. The summed E-state index contributed by atoms with van der Waals surface area (Å²) >= 11 is 0. The van der Waals surface area contributed by atoms with Crippen molar-refractivity contribution in [1.82, 2.24) is 15.1 Å². The minimum absolute atomic E-state index is 0.0482. The highest BCUT2D eigenvalue weighted by atomic mass is 16.6. The van der Waals surface area contributed by atoms with Crippen molar-refractivity contribution in [3.05, 3.63) is 40.3 Å². The van der Waals surface area contributed by atoms with Crippen LogP contribution in [-0.4, -0.2) is 33.1 Å². The van der Waals surface area contributed by atoms with E-state index in [4.69, 9.17) is 4.42 Å². The van der Waals surface area contributed by atoms with E-state index in [9.17, 15) is 10.1 Å². The summed E-state index contributed by atoms with van der Waals surface area (Å²) < 4.78 is 5.72. The number of aromatic nitrogens is 2. The molecular weight excluding hydrogens is 296 g/mol. The Kier molecular flexibility index (Phi) is 4.66. The van der Waals surface area contributed by atoms with Crippen molar-refractivity contribution < 1.29 is 9.34 Å². The van der Waals surface area contributed by atoms with Gasteiger partial charge in [-0.05, 0) is 43.9 Å². The highest BCUT2D eigenvalue weighted by Gasteiger charge is 2.25. The van der Waals surface area contributed by atoms with E-state index in [1.807, 2.05) is 0 Å². The van der Waals surface area contributed by atoms with Crippen molar-refractivity contribution in [2.45, 2.75) is 32.7 Å². The van der Waals surface area contributed by atoms with Crippen LogP contribution in [-0.2, 0) is 6.54 Å². The molecule has 0 spiro atoms. The van der Waals surface area contributed by atoms with Gasteiger partial charge in [-0.1, -0.05) is 6.92 Å². The first-order valence-corrected chi connectivity index (χ1v) is 7.95. The van der Waals surface area contributed by atoms with E-state index in [0.29, 0.717) is 23.9 Å². The Morgan fingerprint density at radius 2 is 2.04 bits per heavy atom. The van der Waals surface area contributed by atoms with Crippen molar-refractivity contribution in [1.29, 1.82) is 0 Å². The Balaban J connectivity index is 1.67. The van der Waals surface area contributed by atoms with Gasteiger partial charge in [0, 0.05) is 24.2 Å². The maximum absolute atomic E-state index is 10.7. The lowest BCUT2D eigenvalue weighted by Gasteiger charge is -2.19. The van der Waals surface area contributed by atoms with Crippen molar-refractivity contribution >= 4 is 5.69 Å². The zero-order valence-corrected chi connectivity index (χ0v) is 13.1. The van der Waals surface area contributed by atoms with Crippen LogP contribution in [0.2, 0.25) is 0 Å². The highest BCUT2D eigenvalue weighted by Crippen LogP contribution is 2.30. The van der Waals surface area contributed by atoms with Crippen LogP contribution in [0, 0.1) is 16.0 Å². The molecule has 0 unspecified atom stereocenters. The summed E-state index contributed by atoms with van der Waals surface area (Å²) in [6, 6.07) is 6.14. The predicted octanol–water partition coefficient (Wildman–Crippen LogP) is 3.27. The molecule has 122 valence electrons. The molecule has 0 aliphatic heterocycles. The van der Waals surface area contributed by atoms with Crippen LogP contribution < -0.4 is 0 Å². The summed E-state index contributed by atoms with van der Waals surface area (Å²) in [6.45, 7) is 4.93. The number of hydrogen-bond donors (Lipinski definition) is 0. The van der Waals surface area contributed by atoms with E-state index in [-0.39, 0.29) is 5.69 Å². The van der Waals surface area contributed by atoms with E-state index < -0.39 is 4.92 Å². The number of benzene rings is 1. The molecule has 2 aromatic rings. The fraction of sp³-hybridized carbons (Fsp3) is 0.500. The third-order valence-corrected chi connectivity index (χ3v) is 3.90. The summed E-state index contributed by atoms with van der Waals surface area (Å²) in [5.41, 5.74) is 0.741. The molecule has 1 aliphatic carbocycles. The summed E-state index contributed by atoms with van der Waals surface area (Å²) in [5, 5.41) is 18.8. The van der Waals surface area contributed by atoms with Crippen LogP contribution in [0.4, 0.5) is 5.69 Å². The lowest BCUT2D eigenvalue weighted by Crippen LogP contribution is -2.26. The molecule has 0 saturated heterocycles. The molecule has 1 aromatic carbocycles. The predicted molar refractivity (Wildman–Crippen MR) is 84.7 cm³/mol. The maximum Gasteiger partial charge on any atom is 0.269 e. The van der Waals surface area contributed by atoms with Crippen molar-refractivity contribution in [3.8, 4) is 11.5 Å². The first kappa shape index (κ1) is 15.6. The van der Waals surface area contributed by atoms with Crippen LogP contribution in [0.25, 0.3) is 11.5 Å². The third kappa shape index (κ3) is 4.13. The molecule has 0 amide bonds. The van der Waals surface area contributed by atoms with Crippen LogP contribution in [0.15, 0.2) is 28.7 Å². The quantitative estimate of drug-likeness (QED) is 0.549. The summed E-state index contributed by atoms with van der Waals surface area (Å²) in [5.74, 6) is 1.81. The Morgan fingerprint density at radius 1 is 1.30 bits per heavy atom. The van der Waals surface area contributed by atoms with E-state index in [0.717, 1.165) is 25.4 Å². The van der Waals surface area contributed by atoms with E-state index in [2.05, 4.69) is 22.0 Å².